The SMILES string of the molecule is NC(=O)COc1ccc(NC(=O)c2ccc(Cl)o2)cc1. The van der Waals surface area contributed by atoms with Crippen LogP contribution in [0.15, 0.2) is 40.8 Å². The Morgan fingerprint density at radius 2 is 1.90 bits per heavy atom. The summed E-state index contributed by atoms with van der Waals surface area (Å²) in [6, 6.07) is 9.41. The number of halogens is 1. The summed E-state index contributed by atoms with van der Waals surface area (Å²) in [5, 5.41) is 2.77. The van der Waals surface area contributed by atoms with Crippen molar-refractivity contribution in [1.29, 1.82) is 0 Å². The highest BCUT2D eigenvalue weighted by Crippen LogP contribution is 2.18. The molecule has 20 heavy (non-hydrogen) atoms. The van der Waals surface area contributed by atoms with E-state index in [0.29, 0.717) is 11.4 Å². The number of carbonyl (C=O) groups excluding carboxylic acids is 2. The summed E-state index contributed by atoms with van der Waals surface area (Å²) in [5.74, 6) is -0.383. The van der Waals surface area contributed by atoms with E-state index >= 15 is 0 Å². The van der Waals surface area contributed by atoms with Gasteiger partial charge in [0.15, 0.2) is 17.6 Å². The monoisotopic (exact) mass is 294 g/mol. The lowest BCUT2D eigenvalue weighted by Crippen LogP contribution is -2.20. The summed E-state index contributed by atoms with van der Waals surface area (Å²) in [4.78, 5) is 22.3. The number of hydrogen-bond acceptors (Lipinski definition) is 4. The first-order valence-electron chi connectivity index (χ1n) is 5.62. The molecule has 0 fully saturated rings. The maximum atomic E-state index is 11.8. The molecule has 0 atom stereocenters. The van der Waals surface area contributed by atoms with Crippen LogP contribution >= 0.6 is 11.6 Å². The van der Waals surface area contributed by atoms with Crippen molar-refractivity contribution in [3.63, 3.8) is 0 Å². The molecule has 0 saturated heterocycles. The predicted octanol–water partition coefficient (Wildman–Crippen LogP) is 2.05. The van der Waals surface area contributed by atoms with Crippen LogP contribution in [0.5, 0.6) is 5.75 Å². The molecule has 2 amide bonds. The molecule has 3 N–H and O–H groups in total. The molecule has 6 nitrogen and oxygen atoms in total. The highest BCUT2D eigenvalue weighted by molar-refractivity contribution is 6.29. The van der Waals surface area contributed by atoms with E-state index in [9.17, 15) is 9.59 Å². The fourth-order valence-electron chi connectivity index (χ4n) is 1.42. The van der Waals surface area contributed by atoms with Gasteiger partial charge in [0, 0.05) is 5.69 Å². The topological polar surface area (TPSA) is 94.6 Å². The van der Waals surface area contributed by atoms with E-state index in [-0.39, 0.29) is 17.6 Å². The Morgan fingerprint density at radius 1 is 1.20 bits per heavy atom. The number of amides is 2. The average Bonchev–Trinajstić information content (AvgIpc) is 2.85. The second kappa shape index (κ2) is 6.12. The van der Waals surface area contributed by atoms with Gasteiger partial charge in [-0.15, -0.1) is 0 Å². The smallest absolute Gasteiger partial charge is 0.291 e. The Bertz CT molecular complexity index is 622. The molecule has 7 heteroatoms. The quantitative estimate of drug-likeness (QED) is 0.882. The van der Waals surface area contributed by atoms with Gasteiger partial charge in [-0.05, 0) is 48.0 Å². The molecule has 0 aliphatic heterocycles. The molecular formula is C13H11ClN2O4. The number of furan rings is 1. The molecule has 104 valence electrons. The molecule has 0 radical (unpaired) electrons. The van der Waals surface area contributed by atoms with E-state index in [1.165, 1.54) is 12.1 Å². The van der Waals surface area contributed by atoms with Crippen molar-refractivity contribution in [1.82, 2.24) is 0 Å². The zero-order valence-corrected chi connectivity index (χ0v) is 11.0. The lowest BCUT2D eigenvalue weighted by atomic mass is 10.3. The number of ether oxygens (including phenoxy) is 1. The number of benzene rings is 1. The minimum atomic E-state index is -0.558. The number of nitrogens with one attached hydrogen (secondary N) is 1. The van der Waals surface area contributed by atoms with E-state index in [2.05, 4.69) is 5.32 Å². The number of carbonyl (C=O) groups is 2. The number of rotatable bonds is 5. The van der Waals surface area contributed by atoms with Gasteiger partial charge in [0.1, 0.15) is 5.75 Å². The Labute approximate surface area is 119 Å². The van der Waals surface area contributed by atoms with E-state index < -0.39 is 11.8 Å². The molecule has 0 aliphatic carbocycles. The van der Waals surface area contributed by atoms with E-state index in [1.807, 2.05) is 0 Å². The molecule has 0 bridgehead atoms. The number of primary amides is 1. The fourth-order valence-corrected chi connectivity index (χ4v) is 1.56. The van der Waals surface area contributed by atoms with Gasteiger partial charge in [-0.2, -0.15) is 0 Å². The van der Waals surface area contributed by atoms with Crippen LogP contribution in [0.3, 0.4) is 0 Å². The summed E-state index contributed by atoms with van der Waals surface area (Å²) >= 11 is 5.59. The molecule has 1 heterocycles. The van der Waals surface area contributed by atoms with Crippen molar-refractivity contribution in [3.8, 4) is 5.75 Å². The van der Waals surface area contributed by atoms with Crippen molar-refractivity contribution in [3.05, 3.63) is 47.4 Å². The third-order valence-electron chi connectivity index (χ3n) is 2.29. The summed E-state index contributed by atoms with van der Waals surface area (Å²) in [6.45, 7) is -0.198. The standard InChI is InChI=1S/C13H11ClN2O4/c14-11-6-5-10(20-11)13(18)16-8-1-3-9(4-2-8)19-7-12(15)17/h1-6H,7H2,(H2,15,17)(H,16,18). The van der Waals surface area contributed by atoms with Crippen LogP contribution in [0, 0.1) is 0 Å². The molecular weight excluding hydrogens is 284 g/mol. The molecule has 2 rings (SSSR count). The average molecular weight is 295 g/mol. The third kappa shape index (κ3) is 3.76. The normalized spacial score (nSPS) is 10.1. The van der Waals surface area contributed by atoms with E-state index in [4.69, 9.17) is 26.5 Å². The maximum Gasteiger partial charge on any atom is 0.291 e. The summed E-state index contributed by atoms with van der Waals surface area (Å²) in [6.07, 6.45) is 0. The zero-order chi connectivity index (χ0) is 14.5. The molecule has 0 unspecified atom stereocenters. The highest BCUT2D eigenvalue weighted by atomic mass is 35.5. The summed E-state index contributed by atoms with van der Waals surface area (Å²) in [5.41, 5.74) is 5.51. The van der Waals surface area contributed by atoms with Crippen molar-refractivity contribution < 1.29 is 18.7 Å². The Hall–Kier alpha value is -2.47. The van der Waals surface area contributed by atoms with Crippen LogP contribution < -0.4 is 15.8 Å². The van der Waals surface area contributed by atoms with Gasteiger partial charge in [0.05, 0.1) is 0 Å². The van der Waals surface area contributed by atoms with Crippen LogP contribution in [0.4, 0.5) is 5.69 Å². The second-order valence-corrected chi connectivity index (χ2v) is 4.21. The van der Waals surface area contributed by atoms with Crippen molar-refractivity contribution in [2.24, 2.45) is 5.73 Å². The second-order valence-electron chi connectivity index (χ2n) is 3.84. The van der Waals surface area contributed by atoms with Crippen LogP contribution in [-0.4, -0.2) is 18.4 Å². The first-order valence-corrected chi connectivity index (χ1v) is 6.00. The largest absolute Gasteiger partial charge is 0.484 e. The van der Waals surface area contributed by atoms with Gasteiger partial charge < -0.3 is 20.2 Å². The lowest BCUT2D eigenvalue weighted by molar-refractivity contribution is -0.119. The highest BCUT2D eigenvalue weighted by Gasteiger charge is 2.10. The van der Waals surface area contributed by atoms with Crippen molar-refractivity contribution >= 4 is 29.1 Å². The van der Waals surface area contributed by atoms with E-state index in [1.54, 1.807) is 24.3 Å². The van der Waals surface area contributed by atoms with Crippen LogP contribution in [0.2, 0.25) is 5.22 Å². The van der Waals surface area contributed by atoms with Gasteiger partial charge in [-0.25, -0.2) is 0 Å². The fraction of sp³-hybridized carbons (Fsp3) is 0.0769. The summed E-state index contributed by atoms with van der Waals surface area (Å²) < 4.78 is 10.1. The molecule has 0 aliphatic rings. The predicted molar refractivity (Wildman–Crippen MR) is 72.8 cm³/mol. The zero-order valence-electron chi connectivity index (χ0n) is 10.3. The van der Waals surface area contributed by atoms with Crippen LogP contribution in [-0.2, 0) is 4.79 Å². The minimum Gasteiger partial charge on any atom is -0.484 e. The Morgan fingerprint density at radius 3 is 2.45 bits per heavy atom. The minimum absolute atomic E-state index is 0.115. The van der Waals surface area contributed by atoms with Crippen molar-refractivity contribution in [2.45, 2.75) is 0 Å². The van der Waals surface area contributed by atoms with Gasteiger partial charge in [-0.3, -0.25) is 9.59 Å². The number of anilines is 1. The van der Waals surface area contributed by atoms with Crippen LogP contribution in [0.25, 0.3) is 0 Å². The Kier molecular flexibility index (Phi) is 4.27. The van der Waals surface area contributed by atoms with Gasteiger partial charge >= 0.3 is 0 Å². The van der Waals surface area contributed by atoms with Crippen LogP contribution in [0.1, 0.15) is 10.6 Å². The lowest BCUT2D eigenvalue weighted by Gasteiger charge is -2.06. The van der Waals surface area contributed by atoms with Gasteiger partial charge in [0.25, 0.3) is 11.8 Å². The number of hydrogen-bond donors (Lipinski definition) is 2. The summed E-state index contributed by atoms with van der Waals surface area (Å²) in [7, 11) is 0. The third-order valence-corrected chi connectivity index (χ3v) is 2.49. The number of nitrogens with two attached hydrogens (primary N) is 1. The van der Waals surface area contributed by atoms with Gasteiger partial charge in [-0.1, -0.05) is 0 Å². The van der Waals surface area contributed by atoms with Crippen molar-refractivity contribution in [2.75, 3.05) is 11.9 Å². The molecule has 1 aromatic heterocycles. The first kappa shape index (κ1) is 14.0. The molecule has 0 saturated carbocycles. The molecule has 2 aromatic rings. The van der Waals surface area contributed by atoms with E-state index in [0.717, 1.165) is 0 Å². The molecule has 1 aromatic carbocycles. The Balaban J connectivity index is 1.96. The van der Waals surface area contributed by atoms with Gasteiger partial charge in [0.2, 0.25) is 0 Å². The molecule has 0 spiro atoms. The first-order chi connectivity index (χ1) is 9.54. The maximum absolute atomic E-state index is 11.8.